The van der Waals surface area contributed by atoms with Crippen LogP contribution in [0, 0.1) is 13.8 Å². The van der Waals surface area contributed by atoms with Gasteiger partial charge in [0.2, 0.25) is 0 Å². The Morgan fingerprint density at radius 3 is 2.29 bits per heavy atom. The Morgan fingerprint density at radius 1 is 1.06 bits per heavy atom. The van der Waals surface area contributed by atoms with Crippen LogP contribution in [0.4, 0.5) is 0 Å². The van der Waals surface area contributed by atoms with Crippen LogP contribution in [0.3, 0.4) is 0 Å². The highest BCUT2D eigenvalue weighted by atomic mass is 16.5. The van der Waals surface area contributed by atoms with Gasteiger partial charge in [-0.25, -0.2) is 4.79 Å². The van der Waals surface area contributed by atoms with Crippen LogP contribution in [0.15, 0.2) is 30.5 Å². The van der Waals surface area contributed by atoms with E-state index in [4.69, 9.17) is 0 Å². The number of aryl methyl sites for hydroxylation is 2. The zero-order valence-electron chi connectivity index (χ0n) is 10.2. The summed E-state index contributed by atoms with van der Waals surface area (Å²) in [5, 5.41) is 0. The van der Waals surface area contributed by atoms with Gasteiger partial charge in [-0.1, -0.05) is 29.3 Å². The van der Waals surface area contributed by atoms with Crippen LogP contribution >= 0.6 is 0 Å². The molecule has 0 spiro atoms. The van der Waals surface area contributed by atoms with Crippen molar-refractivity contribution in [3.63, 3.8) is 0 Å². The SMILES string of the molecule is COC(=O)c1cc(-c2cc(C)cc(C)c2)c[nH]1. The van der Waals surface area contributed by atoms with Gasteiger partial charge in [0.25, 0.3) is 0 Å². The van der Waals surface area contributed by atoms with Crippen molar-refractivity contribution < 1.29 is 9.53 Å². The van der Waals surface area contributed by atoms with Crippen molar-refractivity contribution in [2.75, 3.05) is 7.11 Å². The highest BCUT2D eigenvalue weighted by Crippen LogP contribution is 2.23. The van der Waals surface area contributed by atoms with E-state index in [1.807, 2.05) is 6.20 Å². The van der Waals surface area contributed by atoms with Crippen LogP contribution < -0.4 is 0 Å². The molecule has 1 N–H and O–H groups in total. The third kappa shape index (κ3) is 2.38. The second-order valence-corrected chi connectivity index (χ2v) is 4.17. The summed E-state index contributed by atoms with van der Waals surface area (Å²) in [6, 6.07) is 8.12. The fourth-order valence-corrected chi connectivity index (χ4v) is 1.93. The van der Waals surface area contributed by atoms with E-state index in [1.165, 1.54) is 18.2 Å². The van der Waals surface area contributed by atoms with Gasteiger partial charge in [-0.3, -0.25) is 0 Å². The molecule has 0 radical (unpaired) electrons. The van der Waals surface area contributed by atoms with E-state index in [-0.39, 0.29) is 5.97 Å². The quantitative estimate of drug-likeness (QED) is 0.804. The predicted molar refractivity (Wildman–Crippen MR) is 67.0 cm³/mol. The van der Waals surface area contributed by atoms with Gasteiger partial charge in [-0.2, -0.15) is 0 Å². The first-order chi connectivity index (χ1) is 8.10. The Kier molecular flexibility index (Phi) is 3.00. The summed E-state index contributed by atoms with van der Waals surface area (Å²) in [4.78, 5) is 14.3. The average Bonchev–Trinajstić information content (AvgIpc) is 2.76. The third-order valence-electron chi connectivity index (χ3n) is 2.64. The summed E-state index contributed by atoms with van der Waals surface area (Å²) in [5.41, 5.74) is 4.99. The van der Waals surface area contributed by atoms with E-state index in [0.29, 0.717) is 5.69 Å². The zero-order valence-corrected chi connectivity index (χ0v) is 10.2. The Morgan fingerprint density at radius 2 is 1.71 bits per heavy atom. The summed E-state index contributed by atoms with van der Waals surface area (Å²) >= 11 is 0. The summed E-state index contributed by atoms with van der Waals surface area (Å²) in [7, 11) is 1.37. The van der Waals surface area contributed by atoms with E-state index in [0.717, 1.165) is 11.1 Å². The van der Waals surface area contributed by atoms with Crippen LogP contribution in [0.25, 0.3) is 11.1 Å². The maximum absolute atomic E-state index is 11.3. The Bertz CT molecular complexity index is 535. The molecule has 0 amide bonds. The smallest absolute Gasteiger partial charge is 0.354 e. The van der Waals surface area contributed by atoms with E-state index in [9.17, 15) is 4.79 Å². The lowest BCUT2D eigenvalue weighted by molar-refractivity contribution is 0.0595. The van der Waals surface area contributed by atoms with Crippen molar-refractivity contribution in [3.05, 3.63) is 47.3 Å². The summed E-state index contributed by atoms with van der Waals surface area (Å²) < 4.78 is 4.66. The maximum atomic E-state index is 11.3. The van der Waals surface area contributed by atoms with E-state index < -0.39 is 0 Å². The first-order valence-corrected chi connectivity index (χ1v) is 5.45. The van der Waals surface area contributed by atoms with E-state index in [1.54, 1.807) is 6.07 Å². The minimum atomic E-state index is -0.347. The number of ether oxygens (including phenoxy) is 1. The normalized spacial score (nSPS) is 10.3. The molecule has 0 saturated heterocycles. The van der Waals surface area contributed by atoms with Gasteiger partial charge < -0.3 is 9.72 Å². The number of esters is 1. The van der Waals surface area contributed by atoms with Crippen LogP contribution in [-0.2, 0) is 4.74 Å². The van der Waals surface area contributed by atoms with Crippen LogP contribution in [0.2, 0.25) is 0 Å². The first kappa shape index (κ1) is 11.5. The molecule has 0 aliphatic rings. The minimum absolute atomic E-state index is 0.347. The number of hydrogen-bond acceptors (Lipinski definition) is 2. The van der Waals surface area contributed by atoms with Gasteiger partial charge >= 0.3 is 5.97 Å². The first-order valence-electron chi connectivity index (χ1n) is 5.45. The van der Waals surface area contributed by atoms with Gasteiger partial charge in [0.1, 0.15) is 5.69 Å². The number of hydrogen-bond donors (Lipinski definition) is 1. The minimum Gasteiger partial charge on any atom is -0.464 e. The largest absolute Gasteiger partial charge is 0.464 e. The topological polar surface area (TPSA) is 42.1 Å². The number of carbonyl (C=O) groups is 1. The lowest BCUT2D eigenvalue weighted by atomic mass is 10.0. The van der Waals surface area contributed by atoms with Crippen molar-refractivity contribution in [2.24, 2.45) is 0 Å². The van der Waals surface area contributed by atoms with Gasteiger partial charge in [0.05, 0.1) is 7.11 Å². The van der Waals surface area contributed by atoms with E-state index >= 15 is 0 Å². The van der Waals surface area contributed by atoms with Gasteiger partial charge in [-0.15, -0.1) is 0 Å². The van der Waals surface area contributed by atoms with Crippen LogP contribution in [0.1, 0.15) is 21.6 Å². The van der Waals surface area contributed by atoms with Crippen molar-refractivity contribution in [1.82, 2.24) is 4.98 Å². The summed E-state index contributed by atoms with van der Waals surface area (Å²) in [6.07, 6.45) is 1.82. The average molecular weight is 229 g/mol. The molecule has 88 valence electrons. The van der Waals surface area contributed by atoms with Gasteiger partial charge in [0.15, 0.2) is 0 Å². The monoisotopic (exact) mass is 229 g/mol. The molecule has 1 heterocycles. The highest BCUT2D eigenvalue weighted by molar-refractivity contribution is 5.89. The number of benzene rings is 1. The third-order valence-corrected chi connectivity index (χ3v) is 2.64. The highest BCUT2D eigenvalue weighted by Gasteiger charge is 2.09. The molecule has 3 heteroatoms. The van der Waals surface area contributed by atoms with Crippen LogP contribution in [0.5, 0.6) is 0 Å². The standard InChI is InChI=1S/C14H15NO2/c1-9-4-10(2)6-11(5-9)12-7-13(15-8-12)14(16)17-3/h4-8,15H,1-3H3. The fourth-order valence-electron chi connectivity index (χ4n) is 1.93. The van der Waals surface area contributed by atoms with Crippen LogP contribution in [-0.4, -0.2) is 18.1 Å². The number of aromatic nitrogens is 1. The molecule has 17 heavy (non-hydrogen) atoms. The Hall–Kier alpha value is -2.03. The van der Waals surface area contributed by atoms with Gasteiger partial charge in [-0.05, 0) is 25.5 Å². The summed E-state index contributed by atoms with van der Waals surface area (Å²) in [6.45, 7) is 4.12. The molecule has 1 aromatic heterocycles. The number of methoxy groups -OCH3 is 1. The maximum Gasteiger partial charge on any atom is 0.354 e. The fraction of sp³-hybridized carbons (Fsp3) is 0.214. The van der Waals surface area contributed by atoms with Crippen molar-refractivity contribution in [1.29, 1.82) is 0 Å². The van der Waals surface area contributed by atoms with Crippen molar-refractivity contribution in [3.8, 4) is 11.1 Å². The number of nitrogens with one attached hydrogen (secondary N) is 1. The van der Waals surface area contributed by atoms with E-state index in [2.05, 4.69) is 41.8 Å². The molecule has 1 aromatic carbocycles. The molecule has 2 aromatic rings. The predicted octanol–water partition coefficient (Wildman–Crippen LogP) is 3.09. The molecular weight excluding hydrogens is 214 g/mol. The van der Waals surface area contributed by atoms with Gasteiger partial charge in [0, 0.05) is 11.8 Å². The number of rotatable bonds is 2. The number of aromatic amines is 1. The Balaban J connectivity index is 2.40. The molecule has 0 aliphatic heterocycles. The Labute approximate surface area is 100 Å². The molecule has 0 fully saturated rings. The molecule has 0 atom stereocenters. The molecule has 0 aliphatic carbocycles. The lowest BCUT2D eigenvalue weighted by Crippen LogP contribution is -2.00. The molecule has 2 rings (SSSR count). The van der Waals surface area contributed by atoms with Crippen molar-refractivity contribution in [2.45, 2.75) is 13.8 Å². The molecule has 0 unspecified atom stereocenters. The number of carbonyl (C=O) groups excluding carboxylic acids is 1. The second-order valence-electron chi connectivity index (χ2n) is 4.17. The lowest BCUT2D eigenvalue weighted by Gasteiger charge is -2.02. The number of H-pyrrole nitrogens is 1. The second kappa shape index (κ2) is 4.45. The molecular formula is C14H15NO2. The molecule has 0 bridgehead atoms. The molecule has 0 saturated carbocycles. The molecule has 3 nitrogen and oxygen atoms in total. The van der Waals surface area contributed by atoms with Crippen molar-refractivity contribution >= 4 is 5.97 Å². The zero-order chi connectivity index (χ0) is 12.4. The summed E-state index contributed by atoms with van der Waals surface area (Å²) in [5.74, 6) is -0.347.